The van der Waals surface area contributed by atoms with Crippen LogP contribution in [0.2, 0.25) is 0 Å². The monoisotopic (exact) mass is 371 g/mol. The summed E-state index contributed by atoms with van der Waals surface area (Å²) >= 11 is 0. The quantitative estimate of drug-likeness (QED) is 0.505. The van der Waals surface area contributed by atoms with E-state index in [1.165, 1.54) is 11.6 Å². The van der Waals surface area contributed by atoms with Crippen molar-refractivity contribution in [3.8, 4) is 0 Å². The standard InChI is InChI=1S/C23H21N3O2/c1-17(24-22(27)14-13-19-10-7-15-28-19)23-25-20-11-5-6-12-21(20)26(23)16-18-8-3-2-4-9-18/h2-15,17H,16H2,1H3,(H,24,27)/b14-13+. The number of imidazole rings is 1. The van der Waals surface area contributed by atoms with E-state index in [-0.39, 0.29) is 11.9 Å². The van der Waals surface area contributed by atoms with Gasteiger partial charge in [-0.25, -0.2) is 4.98 Å². The van der Waals surface area contributed by atoms with Crippen molar-refractivity contribution in [1.29, 1.82) is 0 Å². The van der Waals surface area contributed by atoms with E-state index in [0.717, 1.165) is 16.9 Å². The van der Waals surface area contributed by atoms with Crippen LogP contribution in [-0.2, 0) is 11.3 Å². The molecule has 0 spiro atoms. The van der Waals surface area contributed by atoms with Crippen LogP contribution in [-0.4, -0.2) is 15.5 Å². The molecule has 5 heteroatoms. The normalized spacial score (nSPS) is 12.5. The van der Waals surface area contributed by atoms with Crippen molar-refractivity contribution in [3.05, 3.63) is 96.2 Å². The summed E-state index contributed by atoms with van der Waals surface area (Å²) in [5.74, 6) is 1.27. The van der Waals surface area contributed by atoms with Crippen LogP contribution in [0.4, 0.5) is 0 Å². The Bertz CT molecular complexity index is 1100. The van der Waals surface area contributed by atoms with E-state index in [1.807, 2.05) is 43.3 Å². The molecule has 5 nitrogen and oxygen atoms in total. The molecule has 2 heterocycles. The van der Waals surface area contributed by atoms with Gasteiger partial charge in [0.25, 0.3) is 0 Å². The number of amides is 1. The van der Waals surface area contributed by atoms with Crippen LogP contribution in [0, 0.1) is 0 Å². The minimum absolute atomic E-state index is 0.192. The molecular weight excluding hydrogens is 350 g/mol. The number of hydrogen-bond acceptors (Lipinski definition) is 3. The van der Waals surface area contributed by atoms with Crippen molar-refractivity contribution in [1.82, 2.24) is 14.9 Å². The predicted octanol–water partition coefficient (Wildman–Crippen LogP) is 4.57. The van der Waals surface area contributed by atoms with Crippen molar-refractivity contribution in [2.45, 2.75) is 19.5 Å². The van der Waals surface area contributed by atoms with Crippen LogP contribution in [0.3, 0.4) is 0 Å². The molecule has 1 amide bonds. The first-order valence-corrected chi connectivity index (χ1v) is 9.22. The van der Waals surface area contributed by atoms with Gasteiger partial charge in [-0.1, -0.05) is 42.5 Å². The van der Waals surface area contributed by atoms with E-state index in [4.69, 9.17) is 9.40 Å². The van der Waals surface area contributed by atoms with E-state index in [9.17, 15) is 4.79 Å². The van der Waals surface area contributed by atoms with E-state index >= 15 is 0 Å². The highest BCUT2D eigenvalue weighted by atomic mass is 16.3. The molecule has 0 fully saturated rings. The van der Waals surface area contributed by atoms with Crippen LogP contribution in [0.5, 0.6) is 0 Å². The first kappa shape index (κ1) is 17.8. The second kappa shape index (κ2) is 7.96. The van der Waals surface area contributed by atoms with Crippen LogP contribution < -0.4 is 5.32 Å². The molecular formula is C23H21N3O2. The van der Waals surface area contributed by atoms with Crippen molar-refractivity contribution in [2.24, 2.45) is 0 Å². The first-order valence-electron chi connectivity index (χ1n) is 9.22. The highest BCUT2D eigenvalue weighted by molar-refractivity contribution is 5.91. The van der Waals surface area contributed by atoms with Crippen LogP contribution in [0.1, 0.15) is 30.1 Å². The summed E-state index contributed by atoms with van der Waals surface area (Å²) in [4.78, 5) is 17.1. The molecule has 2 aromatic heterocycles. The maximum Gasteiger partial charge on any atom is 0.244 e. The second-order valence-corrected chi connectivity index (χ2v) is 6.61. The van der Waals surface area contributed by atoms with Gasteiger partial charge < -0.3 is 14.3 Å². The van der Waals surface area contributed by atoms with Gasteiger partial charge in [-0.2, -0.15) is 0 Å². The summed E-state index contributed by atoms with van der Waals surface area (Å²) in [7, 11) is 0. The van der Waals surface area contributed by atoms with Crippen molar-refractivity contribution in [3.63, 3.8) is 0 Å². The van der Waals surface area contributed by atoms with E-state index in [1.54, 1.807) is 24.5 Å². The van der Waals surface area contributed by atoms with Gasteiger partial charge in [-0.3, -0.25) is 4.79 Å². The lowest BCUT2D eigenvalue weighted by Gasteiger charge is -2.15. The molecule has 0 bridgehead atoms. The zero-order valence-corrected chi connectivity index (χ0v) is 15.6. The third-order valence-electron chi connectivity index (χ3n) is 4.56. The van der Waals surface area contributed by atoms with Gasteiger partial charge in [0, 0.05) is 12.6 Å². The Kier molecular flexibility index (Phi) is 5.06. The number of furan rings is 1. The summed E-state index contributed by atoms with van der Waals surface area (Å²) in [5, 5.41) is 3.00. The fraction of sp³-hybridized carbons (Fsp3) is 0.130. The molecule has 0 saturated carbocycles. The lowest BCUT2D eigenvalue weighted by atomic mass is 10.2. The summed E-state index contributed by atoms with van der Waals surface area (Å²) in [6.07, 6.45) is 4.70. The largest absolute Gasteiger partial charge is 0.465 e. The van der Waals surface area contributed by atoms with Gasteiger partial charge in [-0.05, 0) is 42.8 Å². The van der Waals surface area contributed by atoms with Crippen molar-refractivity contribution >= 4 is 23.0 Å². The summed E-state index contributed by atoms with van der Waals surface area (Å²) in [6.45, 7) is 2.64. The number of hydrogen-bond donors (Lipinski definition) is 1. The third-order valence-corrected chi connectivity index (χ3v) is 4.56. The number of benzene rings is 2. The minimum Gasteiger partial charge on any atom is -0.465 e. The molecule has 28 heavy (non-hydrogen) atoms. The molecule has 0 saturated heterocycles. The van der Waals surface area contributed by atoms with Gasteiger partial charge in [0.1, 0.15) is 11.6 Å². The number of rotatable bonds is 6. The van der Waals surface area contributed by atoms with Gasteiger partial charge in [-0.15, -0.1) is 0 Å². The summed E-state index contributed by atoms with van der Waals surface area (Å²) in [5.41, 5.74) is 3.15. The molecule has 0 aliphatic rings. The lowest BCUT2D eigenvalue weighted by Crippen LogP contribution is -2.27. The van der Waals surface area contributed by atoms with Crippen LogP contribution in [0.15, 0.2) is 83.5 Å². The number of fused-ring (bicyclic) bond motifs is 1. The van der Waals surface area contributed by atoms with Gasteiger partial charge in [0.2, 0.25) is 5.91 Å². The molecule has 1 N–H and O–H groups in total. The van der Waals surface area contributed by atoms with E-state index in [2.05, 4.69) is 28.1 Å². The Balaban J connectivity index is 1.60. The Labute approximate surface area is 163 Å². The molecule has 4 aromatic rings. The molecule has 0 radical (unpaired) electrons. The molecule has 0 aliphatic heterocycles. The van der Waals surface area contributed by atoms with Crippen molar-refractivity contribution in [2.75, 3.05) is 0 Å². The molecule has 0 aliphatic carbocycles. The fourth-order valence-corrected chi connectivity index (χ4v) is 3.23. The van der Waals surface area contributed by atoms with E-state index in [0.29, 0.717) is 12.3 Å². The zero-order valence-electron chi connectivity index (χ0n) is 15.6. The number of carbonyl (C=O) groups excluding carboxylic acids is 1. The molecule has 4 rings (SSSR count). The maximum absolute atomic E-state index is 12.3. The van der Waals surface area contributed by atoms with Crippen LogP contribution >= 0.6 is 0 Å². The van der Waals surface area contributed by atoms with Crippen LogP contribution in [0.25, 0.3) is 17.1 Å². The Hall–Kier alpha value is -3.60. The van der Waals surface area contributed by atoms with Gasteiger partial charge in [0.05, 0.1) is 23.3 Å². The fourth-order valence-electron chi connectivity index (χ4n) is 3.23. The number of para-hydroxylation sites is 2. The SMILES string of the molecule is CC(NC(=O)/C=C/c1ccco1)c1nc2ccccc2n1Cc1ccccc1. The average Bonchev–Trinajstić information content (AvgIpc) is 3.36. The predicted molar refractivity (Wildman–Crippen MR) is 110 cm³/mol. The Morgan fingerprint density at radius 1 is 1.11 bits per heavy atom. The Morgan fingerprint density at radius 3 is 2.68 bits per heavy atom. The highest BCUT2D eigenvalue weighted by Crippen LogP contribution is 2.22. The number of aromatic nitrogens is 2. The van der Waals surface area contributed by atoms with Gasteiger partial charge in [0.15, 0.2) is 0 Å². The maximum atomic E-state index is 12.3. The van der Waals surface area contributed by atoms with Crippen molar-refractivity contribution < 1.29 is 9.21 Å². The van der Waals surface area contributed by atoms with Gasteiger partial charge >= 0.3 is 0 Å². The highest BCUT2D eigenvalue weighted by Gasteiger charge is 2.18. The second-order valence-electron chi connectivity index (χ2n) is 6.61. The topological polar surface area (TPSA) is 60.1 Å². The summed E-state index contributed by atoms with van der Waals surface area (Å²) < 4.78 is 7.37. The molecule has 140 valence electrons. The Morgan fingerprint density at radius 2 is 1.89 bits per heavy atom. The third kappa shape index (κ3) is 3.88. The minimum atomic E-state index is -0.245. The average molecular weight is 371 g/mol. The zero-order chi connectivity index (χ0) is 19.3. The van der Waals surface area contributed by atoms with E-state index < -0.39 is 0 Å². The number of carbonyl (C=O) groups is 1. The molecule has 1 atom stereocenters. The first-order chi connectivity index (χ1) is 13.7. The molecule has 1 unspecified atom stereocenters. The number of nitrogens with zero attached hydrogens (tertiary/aromatic N) is 2. The molecule has 2 aromatic carbocycles. The lowest BCUT2D eigenvalue weighted by molar-refractivity contribution is -0.117. The summed E-state index contributed by atoms with van der Waals surface area (Å²) in [6, 6.07) is 21.6. The number of nitrogens with one attached hydrogen (secondary N) is 1. The smallest absolute Gasteiger partial charge is 0.244 e.